The van der Waals surface area contributed by atoms with Gasteiger partial charge in [-0.1, -0.05) is 64.2 Å². The Morgan fingerprint density at radius 3 is 1.67 bits per heavy atom. The highest BCUT2D eigenvalue weighted by Gasteiger charge is 2.60. The van der Waals surface area contributed by atoms with Gasteiger partial charge in [0.15, 0.2) is 0 Å². The van der Waals surface area contributed by atoms with E-state index in [2.05, 4.69) is 28.4 Å². The average molecular weight is 856 g/mol. The van der Waals surface area contributed by atoms with Crippen molar-refractivity contribution in [3.05, 3.63) is 0 Å². The average Bonchev–Trinajstić information content (AvgIpc) is 4.00. The van der Waals surface area contributed by atoms with Gasteiger partial charge in [-0.05, 0) is 225 Å². The first kappa shape index (κ1) is 40.9. The number of thioether (sulfide) groups is 2. The summed E-state index contributed by atoms with van der Waals surface area (Å²) in [6.45, 7) is 0. The van der Waals surface area contributed by atoms with Crippen LogP contribution < -0.4 is 0 Å². The first-order valence-electron chi connectivity index (χ1n) is 28.5. The number of ether oxygens (including phenoxy) is 1. The molecule has 0 aromatic heterocycles. The van der Waals surface area contributed by atoms with Crippen molar-refractivity contribution in [1.82, 2.24) is 4.90 Å². The molecule has 13 aliphatic rings. The highest BCUT2D eigenvalue weighted by molar-refractivity contribution is 8.01. The molecule has 0 N–H and O–H groups in total. The summed E-state index contributed by atoms with van der Waals surface area (Å²) in [5.41, 5.74) is 0. The second-order valence-corrected chi connectivity index (χ2v) is 28.2. The monoisotopic (exact) mass is 856 g/mol. The fourth-order valence-electron chi connectivity index (χ4n) is 21.1. The predicted molar refractivity (Wildman–Crippen MR) is 253 cm³/mol. The van der Waals surface area contributed by atoms with Gasteiger partial charge in [-0.15, -0.1) is 0 Å². The van der Waals surface area contributed by atoms with Gasteiger partial charge in [-0.25, -0.2) is 0 Å². The molecule has 19 atom stereocenters. The lowest BCUT2D eigenvalue weighted by atomic mass is 9.51. The molecule has 0 aromatic rings. The highest BCUT2D eigenvalue weighted by Crippen LogP contribution is 2.64. The molecule has 0 spiro atoms. The maximum Gasteiger partial charge on any atom is 0.0621 e. The molecule has 0 bridgehead atoms. The molecule has 3 aliphatic heterocycles. The normalized spacial score (nSPS) is 56.2. The molecule has 0 radical (unpaired) electrons. The van der Waals surface area contributed by atoms with E-state index in [4.69, 9.17) is 4.74 Å². The lowest BCUT2D eigenvalue weighted by molar-refractivity contribution is -0.0539. The van der Waals surface area contributed by atoms with Crippen LogP contribution in [-0.2, 0) is 4.74 Å². The molecule has 10 saturated carbocycles. The van der Waals surface area contributed by atoms with Crippen molar-refractivity contribution < 1.29 is 4.74 Å². The van der Waals surface area contributed by atoms with Crippen molar-refractivity contribution in [2.75, 3.05) is 0 Å². The van der Waals surface area contributed by atoms with Crippen LogP contribution in [0.15, 0.2) is 0 Å². The van der Waals surface area contributed by atoms with E-state index in [-0.39, 0.29) is 0 Å². The van der Waals surface area contributed by atoms with Crippen molar-refractivity contribution in [2.45, 2.75) is 263 Å². The number of hydrogen-bond donors (Lipinski definition) is 0. The molecule has 336 valence electrons. The Kier molecular flexibility index (Phi) is 11.8. The fourth-order valence-corrected chi connectivity index (χ4v) is 25.8. The Morgan fingerprint density at radius 2 is 0.867 bits per heavy atom. The van der Waals surface area contributed by atoms with Crippen molar-refractivity contribution in [2.24, 2.45) is 82.9 Å². The molecule has 10 aliphatic carbocycles. The molecule has 4 heteroatoms. The van der Waals surface area contributed by atoms with Crippen LogP contribution in [0.2, 0.25) is 0 Å². The second kappa shape index (κ2) is 17.4. The third-order valence-corrected chi connectivity index (χ3v) is 27.2. The largest absolute Gasteiger partial charge is 0.374 e. The predicted octanol–water partition coefficient (Wildman–Crippen LogP) is 14.8. The van der Waals surface area contributed by atoms with E-state index < -0.39 is 0 Å². The summed E-state index contributed by atoms with van der Waals surface area (Å²) >= 11 is 5.16. The summed E-state index contributed by atoms with van der Waals surface area (Å²) in [5, 5.41) is 3.97. The summed E-state index contributed by atoms with van der Waals surface area (Å²) in [5.74, 6) is 14.8. The van der Waals surface area contributed by atoms with Crippen LogP contribution in [0.4, 0.5) is 0 Å². The number of fused-ring (bicyclic) bond motifs is 13. The topological polar surface area (TPSA) is 12.5 Å². The lowest BCUT2D eigenvalue weighted by Gasteiger charge is -2.55. The van der Waals surface area contributed by atoms with Gasteiger partial charge in [0, 0.05) is 45.0 Å². The van der Waals surface area contributed by atoms with Crippen LogP contribution >= 0.6 is 23.5 Å². The van der Waals surface area contributed by atoms with Gasteiger partial charge < -0.3 is 4.74 Å². The molecule has 60 heavy (non-hydrogen) atoms. The van der Waals surface area contributed by atoms with Gasteiger partial charge >= 0.3 is 0 Å². The van der Waals surface area contributed by atoms with E-state index in [0.29, 0.717) is 12.2 Å². The molecule has 3 heterocycles. The maximum atomic E-state index is 6.91. The number of rotatable bonds is 5. The first-order chi connectivity index (χ1) is 29.7. The Balaban J connectivity index is 0.704. The van der Waals surface area contributed by atoms with Gasteiger partial charge in [0.2, 0.25) is 0 Å². The van der Waals surface area contributed by atoms with Gasteiger partial charge in [0.1, 0.15) is 0 Å². The van der Waals surface area contributed by atoms with E-state index >= 15 is 0 Å². The highest BCUT2D eigenvalue weighted by atomic mass is 32.2. The van der Waals surface area contributed by atoms with Crippen LogP contribution in [0.5, 0.6) is 0 Å². The maximum absolute atomic E-state index is 6.91. The summed E-state index contributed by atoms with van der Waals surface area (Å²) in [6, 6.07) is 2.71. The zero-order chi connectivity index (χ0) is 39.3. The molecule has 0 aromatic carbocycles. The zero-order valence-electron chi connectivity index (χ0n) is 38.3. The summed E-state index contributed by atoms with van der Waals surface area (Å²) in [7, 11) is 0. The van der Waals surface area contributed by atoms with E-state index in [0.717, 1.165) is 122 Å². The SMILES string of the molecule is C1CCC2C(C1)CC(C1CCC(N(C3CCC(C4CCCC5C6CCC7OC8CCCCC8C7C6SC45)CC3)C3CCC4C(C3)SC3CCCCC34)CC1)C1CCCCC21. The molecular formula is C56H89NOS2. The van der Waals surface area contributed by atoms with Crippen LogP contribution in [0.3, 0.4) is 0 Å². The second-order valence-electron chi connectivity index (χ2n) is 25.4. The molecule has 13 fully saturated rings. The van der Waals surface area contributed by atoms with Crippen molar-refractivity contribution in [3.63, 3.8) is 0 Å². The lowest BCUT2D eigenvalue weighted by Crippen LogP contribution is -2.55. The quantitative estimate of drug-likeness (QED) is 0.273. The van der Waals surface area contributed by atoms with Crippen LogP contribution in [-0.4, -0.2) is 56.2 Å². The molecular weight excluding hydrogens is 767 g/mol. The van der Waals surface area contributed by atoms with Crippen LogP contribution in [0.25, 0.3) is 0 Å². The minimum Gasteiger partial charge on any atom is -0.374 e. The summed E-state index contributed by atoms with van der Waals surface area (Å²) in [6.07, 6.45) is 52.4. The van der Waals surface area contributed by atoms with E-state index in [1.165, 1.54) is 51.4 Å². The molecule has 13 rings (SSSR count). The van der Waals surface area contributed by atoms with Crippen molar-refractivity contribution in [1.29, 1.82) is 0 Å². The fraction of sp³-hybridized carbons (Fsp3) is 1.00. The Bertz CT molecular complexity index is 1470. The van der Waals surface area contributed by atoms with Crippen molar-refractivity contribution >= 4 is 23.5 Å². The zero-order valence-corrected chi connectivity index (χ0v) is 39.9. The van der Waals surface area contributed by atoms with Crippen LogP contribution in [0.1, 0.15) is 212 Å². The standard InChI is InChI=1S/C56H89NOS2/c1-2-11-40-36(10-1)32-49(43-13-4-3-12-42(40)43)35-22-26-38(27-23-35)57(39-28-29-45-44-14-6-8-19-52(44)59-53(45)33-39)37-24-20-34(21-25-37)41-16-9-17-46-47-30-31-51-54(56(47)60-55(41)46)48-15-5-7-18-50(48)58-51/h34-56H,1-33H2. The third-order valence-electron chi connectivity index (χ3n) is 23.3. The molecule has 19 unspecified atom stereocenters. The Morgan fingerprint density at radius 1 is 0.300 bits per heavy atom. The van der Waals surface area contributed by atoms with E-state index in [1.54, 1.807) is 161 Å². The van der Waals surface area contributed by atoms with E-state index in [1.807, 2.05) is 0 Å². The number of nitrogens with zero attached hydrogens (tertiary/aromatic N) is 1. The minimum atomic E-state index is 0.625. The van der Waals surface area contributed by atoms with Crippen LogP contribution in [0, 0.1) is 82.9 Å². The summed E-state index contributed by atoms with van der Waals surface area (Å²) in [4.78, 5) is 3.43. The Hall–Kier alpha value is 0.620. The Labute approximate surface area is 377 Å². The van der Waals surface area contributed by atoms with Gasteiger partial charge in [0.25, 0.3) is 0 Å². The molecule has 3 saturated heterocycles. The summed E-state index contributed by atoms with van der Waals surface area (Å²) < 4.78 is 6.91. The van der Waals surface area contributed by atoms with Gasteiger partial charge in [0.05, 0.1) is 12.2 Å². The minimum absolute atomic E-state index is 0.625. The first-order valence-corrected chi connectivity index (χ1v) is 30.4. The van der Waals surface area contributed by atoms with Gasteiger partial charge in [-0.2, -0.15) is 23.5 Å². The molecule has 0 amide bonds. The number of hydrogen-bond acceptors (Lipinski definition) is 4. The van der Waals surface area contributed by atoms with Crippen molar-refractivity contribution in [3.8, 4) is 0 Å². The third kappa shape index (κ3) is 7.18. The molecule has 2 nitrogen and oxygen atoms in total. The van der Waals surface area contributed by atoms with Gasteiger partial charge in [-0.3, -0.25) is 4.90 Å². The smallest absolute Gasteiger partial charge is 0.0621 e. The van der Waals surface area contributed by atoms with E-state index in [9.17, 15) is 0 Å².